The lowest BCUT2D eigenvalue weighted by Gasteiger charge is -2.15. The fourth-order valence-corrected chi connectivity index (χ4v) is 3.14. The van der Waals surface area contributed by atoms with Crippen LogP contribution in [-0.4, -0.2) is 39.4 Å². The van der Waals surface area contributed by atoms with E-state index in [1.54, 1.807) is 0 Å². The number of rotatable bonds is 6. The van der Waals surface area contributed by atoms with Crippen LogP contribution in [0.3, 0.4) is 0 Å². The highest BCUT2D eigenvalue weighted by Gasteiger charge is 2.27. The molecule has 1 saturated heterocycles. The van der Waals surface area contributed by atoms with Crippen LogP contribution in [0.1, 0.15) is 16.9 Å². The number of halogens is 2. The van der Waals surface area contributed by atoms with Crippen LogP contribution in [0.2, 0.25) is 10.0 Å². The van der Waals surface area contributed by atoms with Crippen molar-refractivity contribution in [3.63, 3.8) is 0 Å². The molecule has 0 bridgehead atoms. The third-order valence-corrected chi connectivity index (χ3v) is 4.60. The molecule has 1 amide bonds. The van der Waals surface area contributed by atoms with Gasteiger partial charge in [0.15, 0.2) is 5.75 Å². The van der Waals surface area contributed by atoms with Crippen molar-refractivity contribution >= 4 is 34.8 Å². The highest BCUT2D eigenvalue weighted by atomic mass is 35.5. The number of carbonyl (C=O) groups is 1. The first kappa shape index (κ1) is 20.2. The smallest absolute Gasteiger partial charge is 0.322 e. The molecule has 0 radical (unpaired) electrons. The number of aromatic nitrogens is 2. The first-order valence-electron chi connectivity index (χ1n) is 8.24. The molecule has 1 fully saturated rings. The lowest BCUT2D eigenvalue weighted by molar-refractivity contribution is -0.885. The summed E-state index contributed by atoms with van der Waals surface area (Å²) in [6, 6.07) is 1.31. The average Bonchev–Trinajstić information content (AvgIpc) is 3.18. The van der Waals surface area contributed by atoms with Gasteiger partial charge in [0, 0.05) is 11.2 Å². The molecule has 1 aliphatic heterocycles. The van der Waals surface area contributed by atoms with Crippen molar-refractivity contribution in [2.75, 3.05) is 32.8 Å². The lowest BCUT2D eigenvalue weighted by atomic mass is 10.2. The van der Waals surface area contributed by atoms with E-state index in [4.69, 9.17) is 42.3 Å². The Kier molecular flexibility index (Phi) is 6.28. The largest absolute Gasteiger partial charge is 0.618 e. The molecule has 2 aromatic heterocycles. The van der Waals surface area contributed by atoms with Gasteiger partial charge in [-0.25, -0.2) is 0 Å². The maximum Gasteiger partial charge on any atom is 0.322 e. The molecule has 3 heterocycles. The zero-order chi connectivity index (χ0) is 20.3. The van der Waals surface area contributed by atoms with Gasteiger partial charge in [-0.2, -0.15) is 4.73 Å². The van der Waals surface area contributed by atoms with Crippen LogP contribution in [0.5, 0.6) is 11.5 Å². The maximum atomic E-state index is 12.7. The summed E-state index contributed by atoms with van der Waals surface area (Å²) in [5.41, 5.74) is -0.0746. The number of nitrogens with zero attached hydrogens (tertiary/aromatic N) is 2. The van der Waals surface area contributed by atoms with Crippen LogP contribution in [-0.2, 0) is 4.74 Å². The first-order valence-corrected chi connectivity index (χ1v) is 9.00. The van der Waals surface area contributed by atoms with Crippen LogP contribution in [0, 0.1) is 5.21 Å². The molecular formula is C17H18Cl2N3O6+. The third-order valence-electron chi connectivity index (χ3n) is 4.02. The van der Waals surface area contributed by atoms with Crippen molar-refractivity contribution in [3.8, 4) is 11.5 Å². The SMILES string of the molecule is COc1c[n+]([O-])c(C(=O)Nc2c(Cl)c[n+](OC)cc2Cl)cc1OC1CCOC1. The average molecular weight is 431 g/mol. The quantitative estimate of drug-likeness (QED) is 0.549. The standard InChI is InChI=1S/C17H17Cl2N3O6/c1-25-15-8-22(24)13(5-14(15)28-10-3-4-27-9-10)17(23)20-16-11(18)6-21(26-2)7-12(16)19/h5-8,10H,3-4,9H2,1-2H3/p+1. The van der Waals surface area contributed by atoms with Crippen molar-refractivity contribution in [1.29, 1.82) is 0 Å². The highest BCUT2D eigenvalue weighted by Crippen LogP contribution is 2.30. The maximum absolute atomic E-state index is 12.7. The van der Waals surface area contributed by atoms with Gasteiger partial charge in [-0.1, -0.05) is 23.2 Å². The molecule has 0 saturated carbocycles. The van der Waals surface area contributed by atoms with Gasteiger partial charge in [0.1, 0.15) is 23.3 Å². The minimum Gasteiger partial charge on any atom is -0.618 e. The summed E-state index contributed by atoms with van der Waals surface area (Å²) in [6.07, 6.45) is 4.46. The Labute approximate surface area is 170 Å². The molecule has 3 rings (SSSR count). The summed E-state index contributed by atoms with van der Waals surface area (Å²) >= 11 is 12.3. The summed E-state index contributed by atoms with van der Waals surface area (Å²) in [5.74, 6) is -0.253. The Bertz CT molecular complexity index is 866. The Morgan fingerprint density at radius 3 is 2.54 bits per heavy atom. The van der Waals surface area contributed by atoms with Gasteiger partial charge >= 0.3 is 5.91 Å². The molecule has 0 aromatic carbocycles. The third kappa shape index (κ3) is 4.32. The van der Waals surface area contributed by atoms with Crippen molar-refractivity contribution in [2.24, 2.45) is 0 Å². The molecular weight excluding hydrogens is 413 g/mol. The number of ether oxygens (including phenoxy) is 3. The summed E-state index contributed by atoms with van der Waals surface area (Å²) < 4.78 is 17.9. The number of nitrogens with one attached hydrogen (secondary N) is 1. The molecule has 2 aromatic rings. The molecule has 0 aliphatic carbocycles. The molecule has 1 atom stereocenters. The van der Waals surface area contributed by atoms with Gasteiger partial charge in [0.05, 0.1) is 32.1 Å². The fraction of sp³-hybridized carbons (Fsp3) is 0.353. The molecule has 1 aliphatic rings. The Hall–Kier alpha value is -2.49. The number of carbonyl (C=O) groups excluding carboxylic acids is 1. The number of hydrogen-bond donors (Lipinski definition) is 1. The molecule has 28 heavy (non-hydrogen) atoms. The van der Waals surface area contributed by atoms with E-state index in [2.05, 4.69) is 5.32 Å². The highest BCUT2D eigenvalue weighted by molar-refractivity contribution is 6.39. The molecule has 1 unspecified atom stereocenters. The molecule has 1 N–H and O–H groups in total. The van der Waals surface area contributed by atoms with Crippen molar-refractivity contribution in [1.82, 2.24) is 0 Å². The van der Waals surface area contributed by atoms with E-state index < -0.39 is 5.91 Å². The zero-order valence-electron chi connectivity index (χ0n) is 15.1. The number of amides is 1. The van der Waals surface area contributed by atoms with Crippen LogP contribution >= 0.6 is 23.2 Å². The Balaban J connectivity index is 1.89. The predicted octanol–water partition coefficient (Wildman–Crippen LogP) is 1.40. The molecule has 11 heteroatoms. The Morgan fingerprint density at radius 1 is 1.25 bits per heavy atom. The van der Waals surface area contributed by atoms with E-state index in [0.29, 0.717) is 24.4 Å². The van der Waals surface area contributed by atoms with E-state index in [-0.39, 0.29) is 39.0 Å². The Morgan fingerprint density at radius 2 is 1.96 bits per heavy atom. The lowest BCUT2D eigenvalue weighted by Crippen LogP contribution is -2.40. The second-order valence-corrected chi connectivity index (χ2v) is 6.66. The van der Waals surface area contributed by atoms with Gasteiger partial charge in [-0.15, -0.1) is 0 Å². The number of pyridine rings is 2. The fourth-order valence-electron chi connectivity index (χ4n) is 2.60. The second kappa shape index (κ2) is 8.68. The predicted molar refractivity (Wildman–Crippen MR) is 98.9 cm³/mol. The van der Waals surface area contributed by atoms with Crippen molar-refractivity contribution in [2.45, 2.75) is 12.5 Å². The van der Waals surface area contributed by atoms with E-state index in [9.17, 15) is 10.0 Å². The van der Waals surface area contributed by atoms with Gasteiger partial charge in [0.25, 0.3) is 5.69 Å². The van der Waals surface area contributed by atoms with Crippen LogP contribution in [0.4, 0.5) is 5.69 Å². The van der Waals surface area contributed by atoms with Gasteiger partial charge in [0.2, 0.25) is 24.3 Å². The van der Waals surface area contributed by atoms with Crippen molar-refractivity contribution in [3.05, 3.63) is 45.6 Å². The van der Waals surface area contributed by atoms with Gasteiger partial charge in [-0.05, 0) is 0 Å². The first-order chi connectivity index (χ1) is 13.4. The normalized spacial score (nSPS) is 15.9. The molecule has 150 valence electrons. The zero-order valence-corrected chi connectivity index (χ0v) is 16.6. The van der Waals surface area contributed by atoms with Gasteiger partial charge in [-0.3, -0.25) is 9.63 Å². The second-order valence-electron chi connectivity index (χ2n) is 5.85. The van der Waals surface area contributed by atoms with E-state index in [1.165, 1.54) is 37.4 Å². The monoisotopic (exact) mass is 430 g/mol. The van der Waals surface area contributed by atoms with Gasteiger partial charge < -0.3 is 24.7 Å². The van der Waals surface area contributed by atoms with Crippen LogP contribution < -0.4 is 29.1 Å². The van der Waals surface area contributed by atoms with Crippen LogP contribution in [0.25, 0.3) is 0 Å². The van der Waals surface area contributed by atoms with Crippen LogP contribution in [0.15, 0.2) is 24.7 Å². The van der Waals surface area contributed by atoms with E-state index in [1.807, 2.05) is 0 Å². The topological polar surface area (TPSA) is 96.8 Å². The van der Waals surface area contributed by atoms with E-state index >= 15 is 0 Å². The number of hydrogen-bond acceptors (Lipinski definition) is 6. The van der Waals surface area contributed by atoms with Crippen molar-refractivity contribution < 1.29 is 33.3 Å². The number of methoxy groups -OCH3 is 1. The van der Waals surface area contributed by atoms with E-state index in [0.717, 1.165) is 6.20 Å². The number of anilines is 1. The minimum atomic E-state index is -0.718. The summed E-state index contributed by atoms with van der Waals surface area (Å²) in [6.45, 7) is 1.01. The summed E-state index contributed by atoms with van der Waals surface area (Å²) in [4.78, 5) is 17.7. The molecule has 0 spiro atoms. The summed E-state index contributed by atoms with van der Waals surface area (Å²) in [5, 5.41) is 15.1. The summed E-state index contributed by atoms with van der Waals surface area (Å²) in [7, 11) is 2.83. The minimum absolute atomic E-state index is 0.133. The molecule has 9 nitrogen and oxygen atoms in total.